The Morgan fingerprint density at radius 2 is 2.00 bits per heavy atom. The molecule has 4 rings (SSSR count). The molecule has 2 heterocycles. The summed E-state index contributed by atoms with van der Waals surface area (Å²) in [6.45, 7) is -0.491. The van der Waals surface area contributed by atoms with E-state index in [4.69, 9.17) is 14.2 Å². The molecule has 0 radical (unpaired) electrons. The van der Waals surface area contributed by atoms with Crippen LogP contribution in [0.15, 0.2) is 54.3 Å². The van der Waals surface area contributed by atoms with Crippen molar-refractivity contribution in [2.75, 3.05) is 13.2 Å². The number of nitrogens with zero attached hydrogens (tertiary/aromatic N) is 2. The number of fused-ring (bicyclic) bond motifs is 2. The molecule has 0 saturated carbocycles. The highest BCUT2D eigenvalue weighted by Gasteiger charge is 2.29. The SMILES string of the molecule is N#CC(=C(O)COC(=O)C1COc2ccccc2O1)c1nc2ccccc2[nH]1. The van der Waals surface area contributed by atoms with Crippen molar-refractivity contribution in [3.63, 3.8) is 0 Å². The van der Waals surface area contributed by atoms with Gasteiger partial charge in [-0.05, 0) is 24.3 Å². The van der Waals surface area contributed by atoms with Crippen LogP contribution in [0.5, 0.6) is 11.5 Å². The number of hydrogen-bond donors (Lipinski definition) is 2. The molecule has 1 atom stereocenters. The molecule has 2 N–H and O–H groups in total. The fourth-order valence-electron chi connectivity index (χ4n) is 2.77. The van der Waals surface area contributed by atoms with Crippen molar-refractivity contribution < 1.29 is 24.1 Å². The van der Waals surface area contributed by atoms with E-state index in [2.05, 4.69) is 9.97 Å². The second-order valence-electron chi connectivity index (χ2n) is 6.01. The fraction of sp³-hybridized carbons (Fsp3) is 0.150. The van der Waals surface area contributed by atoms with Crippen LogP contribution in [0.4, 0.5) is 0 Å². The van der Waals surface area contributed by atoms with Gasteiger partial charge in [0.25, 0.3) is 0 Å². The van der Waals surface area contributed by atoms with Crippen molar-refractivity contribution >= 4 is 22.6 Å². The lowest BCUT2D eigenvalue weighted by molar-refractivity contribution is -0.154. The molecule has 1 aliphatic rings. The largest absolute Gasteiger partial charge is 0.507 e. The first-order valence-electron chi connectivity index (χ1n) is 8.48. The van der Waals surface area contributed by atoms with Crippen LogP contribution in [-0.4, -0.2) is 40.4 Å². The lowest BCUT2D eigenvalue weighted by Gasteiger charge is -2.24. The minimum atomic E-state index is -0.959. The van der Waals surface area contributed by atoms with Gasteiger partial charge in [0.15, 0.2) is 23.1 Å². The van der Waals surface area contributed by atoms with Gasteiger partial charge in [-0.1, -0.05) is 24.3 Å². The molecule has 1 aromatic heterocycles. The molecule has 8 nitrogen and oxygen atoms in total. The van der Waals surface area contributed by atoms with Crippen molar-refractivity contribution in [3.05, 3.63) is 60.1 Å². The van der Waals surface area contributed by atoms with Crippen LogP contribution in [0.2, 0.25) is 0 Å². The lowest BCUT2D eigenvalue weighted by Crippen LogP contribution is -2.38. The fourth-order valence-corrected chi connectivity index (χ4v) is 2.77. The van der Waals surface area contributed by atoms with E-state index < -0.39 is 24.4 Å². The van der Waals surface area contributed by atoms with Gasteiger partial charge < -0.3 is 24.3 Å². The molecule has 1 aliphatic heterocycles. The molecule has 0 spiro atoms. The summed E-state index contributed by atoms with van der Waals surface area (Å²) >= 11 is 0. The Hall–Kier alpha value is -3.99. The van der Waals surface area contributed by atoms with Crippen LogP contribution < -0.4 is 9.47 Å². The molecule has 0 bridgehead atoms. The molecule has 0 aliphatic carbocycles. The van der Waals surface area contributed by atoms with E-state index in [1.807, 2.05) is 18.2 Å². The molecule has 28 heavy (non-hydrogen) atoms. The van der Waals surface area contributed by atoms with Gasteiger partial charge in [0, 0.05) is 0 Å². The second kappa shape index (κ2) is 7.32. The Balaban J connectivity index is 1.46. The number of aliphatic hydroxyl groups is 1. The maximum Gasteiger partial charge on any atom is 0.351 e. The van der Waals surface area contributed by atoms with Crippen LogP contribution in [-0.2, 0) is 9.53 Å². The predicted octanol–water partition coefficient (Wildman–Crippen LogP) is 2.74. The van der Waals surface area contributed by atoms with Crippen molar-refractivity contribution in [1.82, 2.24) is 9.97 Å². The number of imidazole rings is 1. The maximum absolute atomic E-state index is 12.2. The number of aromatic nitrogens is 2. The highest BCUT2D eigenvalue weighted by molar-refractivity contribution is 5.83. The number of H-pyrrole nitrogens is 1. The van der Waals surface area contributed by atoms with Gasteiger partial charge in [-0.15, -0.1) is 0 Å². The number of hydrogen-bond acceptors (Lipinski definition) is 7. The molecule has 3 aromatic rings. The topological polar surface area (TPSA) is 117 Å². The van der Waals surface area contributed by atoms with Gasteiger partial charge in [-0.25, -0.2) is 9.78 Å². The van der Waals surface area contributed by atoms with Crippen molar-refractivity contribution in [2.45, 2.75) is 6.10 Å². The number of carbonyl (C=O) groups excluding carboxylic acids is 1. The molecule has 1 unspecified atom stereocenters. The Kier molecular flexibility index (Phi) is 4.56. The maximum atomic E-state index is 12.2. The summed E-state index contributed by atoms with van der Waals surface area (Å²) in [4.78, 5) is 19.5. The van der Waals surface area contributed by atoms with E-state index in [1.165, 1.54) is 0 Å². The minimum absolute atomic E-state index is 0.00496. The quantitative estimate of drug-likeness (QED) is 0.408. The summed E-state index contributed by atoms with van der Waals surface area (Å²) in [5.41, 5.74) is 1.28. The standard InChI is InChI=1S/C20H15N3O5/c21-9-12(19-22-13-5-1-2-6-14(13)23-19)15(24)10-27-20(25)18-11-26-16-7-3-4-8-17(16)28-18/h1-8,18,24H,10-11H2,(H,22,23). The molecule has 2 aromatic carbocycles. The zero-order valence-electron chi connectivity index (χ0n) is 14.6. The number of allylic oxidation sites excluding steroid dienone is 1. The first-order chi connectivity index (χ1) is 13.7. The van der Waals surface area contributed by atoms with E-state index in [9.17, 15) is 15.2 Å². The number of aliphatic hydroxyl groups excluding tert-OH is 1. The number of nitriles is 1. The van der Waals surface area contributed by atoms with E-state index >= 15 is 0 Å². The Bertz CT molecular complexity index is 1080. The average molecular weight is 377 g/mol. The number of esters is 1. The number of ether oxygens (including phenoxy) is 3. The normalized spacial score (nSPS) is 16.2. The molecule has 0 amide bonds. The monoisotopic (exact) mass is 377 g/mol. The summed E-state index contributed by atoms with van der Waals surface area (Å²) in [6.07, 6.45) is -0.959. The predicted molar refractivity (Wildman–Crippen MR) is 98.6 cm³/mol. The highest BCUT2D eigenvalue weighted by atomic mass is 16.6. The molecule has 8 heteroatoms. The van der Waals surface area contributed by atoms with Crippen LogP contribution >= 0.6 is 0 Å². The molecular formula is C20H15N3O5. The third kappa shape index (κ3) is 3.33. The number of para-hydroxylation sites is 4. The van der Waals surface area contributed by atoms with Crippen molar-refractivity contribution in [3.8, 4) is 17.6 Å². The smallest absolute Gasteiger partial charge is 0.351 e. The van der Waals surface area contributed by atoms with E-state index in [0.717, 1.165) is 5.52 Å². The zero-order valence-corrected chi connectivity index (χ0v) is 14.6. The number of nitrogens with one attached hydrogen (secondary N) is 1. The van der Waals surface area contributed by atoms with Crippen LogP contribution in [0, 0.1) is 11.3 Å². The zero-order chi connectivity index (χ0) is 19.5. The summed E-state index contributed by atoms with van der Waals surface area (Å²) in [5.74, 6) is 0.0693. The van der Waals surface area contributed by atoms with Gasteiger partial charge in [0.05, 0.1) is 11.0 Å². The third-order valence-corrected chi connectivity index (χ3v) is 4.15. The molecular weight excluding hydrogens is 362 g/mol. The average Bonchev–Trinajstić information content (AvgIpc) is 3.15. The molecule has 0 fully saturated rings. The summed E-state index contributed by atoms with van der Waals surface area (Å²) in [7, 11) is 0. The number of aromatic amines is 1. The van der Waals surface area contributed by atoms with Gasteiger partial charge in [0.2, 0.25) is 6.10 Å². The molecule has 140 valence electrons. The lowest BCUT2D eigenvalue weighted by atomic mass is 10.2. The van der Waals surface area contributed by atoms with Gasteiger partial charge in [-0.2, -0.15) is 5.26 Å². The Morgan fingerprint density at radius 3 is 2.79 bits per heavy atom. The summed E-state index contributed by atoms with van der Waals surface area (Å²) in [5, 5.41) is 19.6. The van der Waals surface area contributed by atoms with Gasteiger partial charge in [0.1, 0.15) is 24.9 Å². The summed E-state index contributed by atoms with van der Waals surface area (Å²) < 4.78 is 16.1. The number of carbonyl (C=O) groups is 1. The minimum Gasteiger partial charge on any atom is -0.507 e. The Morgan fingerprint density at radius 1 is 1.25 bits per heavy atom. The first-order valence-corrected chi connectivity index (χ1v) is 8.48. The van der Waals surface area contributed by atoms with Crippen LogP contribution in [0.25, 0.3) is 16.6 Å². The van der Waals surface area contributed by atoms with Gasteiger partial charge in [-0.3, -0.25) is 0 Å². The van der Waals surface area contributed by atoms with E-state index in [1.54, 1.807) is 36.4 Å². The Labute approximate surface area is 159 Å². The first kappa shape index (κ1) is 17.4. The van der Waals surface area contributed by atoms with E-state index in [0.29, 0.717) is 17.0 Å². The second-order valence-corrected chi connectivity index (χ2v) is 6.01. The van der Waals surface area contributed by atoms with E-state index in [-0.39, 0.29) is 18.0 Å². The van der Waals surface area contributed by atoms with Crippen molar-refractivity contribution in [2.24, 2.45) is 0 Å². The number of benzene rings is 2. The third-order valence-electron chi connectivity index (χ3n) is 4.15. The molecule has 0 saturated heterocycles. The summed E-state index contributed by atoms with van der Waals surface area (Å²) in [6, 6.07) is 16.1. The highest BCUT2D eigenvalue weighted by Crippen LogP contribution is 2.31. The van der Waals surface area contributed by atoms with Crippen LogP contribution in [0.3, 0.4) is 0 Å². The van der Waals surface area contributed by atoms with Crippen molar-refractivity contribution in [1.29, 1.82) is 5.26 Å². The number of rotatable bonds is 4. The van der Waals surface area contributed by atoms with Crippen LogP contribution in [0.1, 0.15) is 5.82 Å². The van der Waals surface area contributed by atoms with Gasteiger partial charge >= 0.3 is 5.97 Å².